The van der Waals surface area contributed by atoms with Crippen molar-refractivity contribution in [3.63, 3.8) is 0 Å². The topological polar surface area (TPSA) is 68.1 Å². The Bertz CT molecular complexity index is 584. The summed E-state index contributed by atoms with van der Waals surface area (Å²) in [6, 6.07) is 10.5. The Hall–Kier alpha value is -2.27. The van der Waals surface area contributed by atoms with Gasteiger partial charge in [-0.15, -0.1) is 0 Å². The Morgan fingerprint density at radius 2 is 2.11 bits per heavy atom. The van der Waals surface area contributed by atoms with Crippen molar-refractivity contribution in [2.24, 2.45) is 0 Å². The number of hydrogen-bond donors (Lipinski definition) is 1. The molecular weight excluding hydrogens is 242 g/mol. The molecule has 0 aliphatic heterocycles. The monoisotopic (exact) mass is 257 g/mol. The Labute approximate surface area is 111 Å². The smallest absolute Gasteiger partial charge is 0.269 e. The van der Waals surface area contributed by atoms with Crippen LogP contribution in [0.3, 0.4) is 0 Å². The molecule has 0 saturated heterocycles. The third-order valence-corrected chi connectivity index (χ3v) is 2.86. The number of rotatable bonds is 5. The van der Waals surface area contributed by atoms with Crippen LogP contribution in [-0.4, -0.2) is 9.91 Å². The normalized spacial score (nSPS) is 10.4. The fourth-order valence-corrected chi connectivity index (χ4v) is 1.81. The largest absolute Gasteiger partial charge is 0.307 e. The predicted octanol–water partition coefficient (Wildman–Crippen LogP) is 2.59. The Balaban J connectivity index is 1.94. The Morgan fingerprint density at radius 3 is 2.84 bits per heavy atom. The average molecular weight is 257 g/mol. The Morgan fingerprint density at radius 1 is 1.26 bits per heavy atom. The van der Waals surface area contributed by atoms with Crippen molar-refractivity contribution >= 4 is 5.69 Å². The lowest BCUT2D eigenvalue weighted by molar-refractivity contribution is -0.384. The van der Waals surface area contributed by atoms with Gasteiger partial charge >= 0.3 is 0 Å². The highest BCUT2D eigenvalue weighted by Crippen LogP contribution is 2.13. The molecule has 0 bridgehead atoms. The van der Waals surface area contributed by atoms with E-state index in [2.05, 4.69) is 10.3 Å². The molecule has 1 aromatic carbocycles. The molecule has 0 amide bonds. The van der Waals surface area contributed by atoms with Gasteiger partial charge < -0.3 is 5.32 Å². The van der Waals surface area contributed by atoms with Gasteiger partial charge in [0.25, 0.3) is 5.69 Å². The van der Waals surface area contributed by atoms with Crippen LogP contribution in [0.25, 0.3) is 0 Å². The van der Waals surface area contributed by atoms with Crippen molar-refractivity contribution in [1.82, 2.24) is 10.3 Å². The summed E-state index contributed by atoms with van der Waals surface area (Å²) in [5, 5.41) is 13.9. The quantitative estimate of drug-likeness (QED) is 0.660. The molecule has 0 fully saturated rings. The van der Waals surface area contributed by atoms with Crippen molar-refractivity contribution in [1.29, 1.82) is 0 Å². The third kappa shape index (κ3) is 3.59. The van der Waals surface area contributed by atoms with Gasteiger partial charge in [0.15, 0.2) is 0 Å². The van der Waals surface area contributed by atoms with Crippen LogP contribution in [0.15, 0.2) is 42.6 Å². The summed E-state index contributed by atoms with van der Waals surface area (Å²) in [5.41, 5.74) is 3.14. The molecule has 0 saturated carbocycles. The highest BCUT2D eigenvalue weighted by Gasteiger charge is 2.05. The molecule has 0 spiro atoms. The van der Waals surface area contributed by atoms with E-state index >= 15 is 0 Å². The van der Waals surface area contributed by atoms with E-state index in [1.807, 2.05) is 25.1 Å². The molecular formula is C14H15N3O2. The van der Waals surface area contributed by atoms with Gasteiger partial charge in [0, 0.05) is 31.4 Å². The number of nitrogens with one attached hydrogen (secondary N) is 1. The number of nitro groups is 1. The van der Waals surface area contributed by atoms with Gasteiger partial charge in [0.2, 0.25) is 0 Å². The van der Waals surface area contributed by atoms with Crippen molar-refractivity contribution in [3.05, 3.63) is 69.5 Å². The highest BCUT2D eigenvalue weighted by molar-refractivity contribution is 5.34. The maximum Gasteiger partial charge on any atom is 0.269 e. The number of benzene rings is 1. The highest BCUT2D eigenvalue weighted by atomic mass is 16.6. The van der Waals surface area contributed by atoms with E-state index in [-0.39, 0.29) is 10.6 Å². The number of pyridine rings is 1. The SMILES string of the molecule is Cc1cccnc1CNCc1cccc([N+](=O)[O-])c1. The fourth-order valence-electron chi connectivity index (χ4n) is 1.81. The number of nitro benzene ring substituents is 1. The first-order valence-electron chi connectivity index (χ1n) is 6.01. The molecule has 0 unspecified atom stereocenters. The number of non-ortho nitro benzene ring substituents is 1. The molecule has 2 aromatic rings. The van der Waals surface area contributed by atoms with E-state index in [1.165, 1.54) is 6.07 Å². The van der Waals surface area contributed by atoms with E-state index in [0.29, 0.717) is 13.1 Å². The minimum absolute atomic E-state index is 0.119. The first-order valence-corrected chi connectivity index (χ1v) is 6.01. The zero-order chi connectivity index (χ0) is 13.7. The first kappa shape index (κ1) is 13.2. The lowest BCUT2D eigenvalue weighted by atomic mass is 10.2. The molecule has 1 N–H and O–H groups in total. The van der Waals surface area contributed by atoms with Crippen LogP contribution >= 0.6 is 0 Å². The number of hydrogen-bond acceptors (Lipinski definition) is 4. The van der Waals surface area contributed by atoms with E-state index in [0.717, 1.165) is 16.8 Å². The molecule has 2 rings (SSSR count). The summed E-state index contributed by atoms with van der Waals surface area (Å²) in [7, 11) is 0. The second-order valence-electron chi connectivity index (χ2n) is 4.30. The van der Waals surface area contributed by atoms with Gasteiger partial charge in [-0.25, -0.2) is 0 Å². The maximum atomic E-state index is 10.7. The molecule has 0 aliphatic rings. The van der Waals surface area contributed by atoms with Gasteiger partial charge in [-0.2, -0.15) is 0 Å². The molecule has 5 nitrogen and oxygen atoms in total. The van der Waals surface area contributed by atoms with Crippen LogP contribution in [-0.2, 0) is 13.1 Å². The van der Waals surface area contributed by atoms with Crippen LogP contribution < -0.4 is 5.32 Å². The summed E-state index contributed by atoms with van der Waals surface area (Å²) in [4.78, 5) is 14.6. The van der Waals surface area contributed by atoms with Crippen LogP contribution in [0.2, 0.25) is 0 Å². The lowest BCUT2D eigenvalue weighted by Gasteiger charge is -2.06. The summed E-state index contributed by atoms with van der Waals surface area (Å²) < 4.78 is 0. The minimum atomic E-state index is -0.383. The summed E-state index contributed by atoms with van der Waals surface area (Å²) in [6.45, 7) is 3.24. The molecule has 0 aliphatic carbocycles. The minimum Gasteiger partial charge on any atom is -0.307 e. The molecule has 19 heavy (non-hydrogen) atoms. The number of aryl methyl sites for hydroxylation is 1. The van der Waals surface area contributed by atoms with Gasteiger partial charge in [-0.1, -0.05) is 18.2 Å². The molecule has 0 radical (unpaired) electrons. The van der Waals surface area contributed by atoms with E-state index in [9.17, 15) is 10.1 Å². The number of aromatic nitrogens is 1. The molecule has 98 valence electrons. The first-order chi connectivity index (χ1) is 9.16. The number of nitrogens with zero attached hydrogens (tertiary/aromatic N) is 2. The zero-order valence-corrected chi connectivity index (χ0v) is 10.7. The van der Waals surface area contributed by atoms with Crippen molar-refractivity contribution in [2.75, 3.05) is 0 Å². The molecule has 1 heterocycles. The van der Waals surface area contributed by atoms with E-state index in [1.54, 1.807) is 18.3 Å². The summed E-state index contributed by atoms with van der Waals surface area (Å²) >= 11 is 0. The van der Waals surface area contributed by atoms with Crippen LogP contribution in [0.5, 0.6) is 0 Å². The second-order valence-corrected chi connectivity index (χ2v) is 4.30. The summed E-state index contributed by atoms with van der Waals surface area (Å²) in [5.74, 6) is 0. The van der Waals surface area contributed by atoms with E-state index in [4.69, 9.17) is 0 Å². The van der Waals surface area contributed by atoms with Crippen molar-refractivity contribution in [2.45, 2.75) is 20.0 Å². The van der Waals surface area contributed by atoms with Crippen LogP contribution in [0.1, 0.15) is 16.8 Å². The average Bonchev–Trinajstić information content (AvgIpc) is 2.41. The molecule has 5 heteroatoms. The lowest BCUT2D eigenvalue weighted by Crippen LogP contribution is -2.14. The maximum absolute atomic E-state index is 10.7. The van der Waals surface area contributed by atoms with Gasteiger partial charge in [-0.3, -0.25) is 15.1 Å². The van der Waals surface area contributed by atoms with Crippen molar-refractivity contribution in [3.8, 4) is 0 Å². The third-order valence-electron chi connectivity index (χ3n) is 2.86. The van der Waals surface area contributed by atoms with E-state index < -0.39 is 0 Å². The van der Waals surface area contributed by atoms with Crippen molar-refractivity contribution < 1.29 is 4.92 Å². The zero-order valence-electron chi connectivity index (χ0n) is 10.7. The molecule has 1 aromatic heterocycles. The van der Waals surface area contributed by atoms with Gasteiger partial charge in [0.05, 0.1) is 10.6 Å². The second kappa shape index (κ2) is 6.06. The molecule has 0 atom stereocenters. The predicted molar refractivity (Wildman–Crippen MR) is 72.6 cm³/mol. The van der Waals surface area contributed by atoms with Crippen LogP contribution in [0.4, 0.5) is 5.69 Å². The standard InChI is InChI=1S/C14H15N3O2/c1-11-4-3-7-16-14(11)10-15-9-12-5-2-6-13(8-12)17(18)19/h2-8,15H,9-10H2,1H3. The van der Waals surface area contributed by atoms with Crippen LogP contribution in [0, 0.1) is 17.0 Å². The summed E-state index contributed by atoms with van der Waals surface area (Å²) in [6.07, 6.45) is 1.76. The van der Waals surface area contributed by atoms with Gasteiger partial charge in [-0.05, 0) is 24.1 Å². The fraction of sp³-hybridized carbons (Fsp3) is 0.214. The Kier molecular flexibility index (Phi) is 4.20. The van der Waals surface area contributed by atoms with Gasteiger partial charge in [0.1, 0.15) is 0 Å².